The predicted octanol–water partition coefficient (Wildman–Crippen LogP) is 4.21. The molecule has 1 aliphatic rings. The van der Waals surface area contributed by atoms with Gasteiger partial charge in [-0.25, -0.2) is 8.42 Å². The average Bonchev–Trinajstić information content (AvgIpc) is 2.87. The van der Waals surface area contributed by atoms with E-state index >= 15 is 0 Å². The molecule has 5 rings (SSSR count). The number of carbonyl (C=O) groups is 1. The summed E-state index contributed by atoms with van der Waals surface area (Å²) >= 11 is 0. The van der Waals surface area contributed by atoms with Gasteiger partial charge >= 0.3 is 0 Å². The van der Waals surface area contributed by atoms with E-state index in [0.29, 0.717) is 46.5 Å². The van der Waals surface area contributed by atoms with Crippen LogP contribution in [0.2, 0.25) is 0 Å². The van der Waals surface area contributed by atoms with Crippen LogP contribution in [-0.4, -0.2) is 36.3 Å². The first-order valence-corrected chi connectivity index (χ1v) is 13.2. The van der Waals surface area contributed by atoms with E-state index in [0.717, 1.165) is 12.8 Å². The van der Waals surface area contributed by atoms with Gasteiger partial charge in [-0.3, -0.25) is 9.59 Å². The molecule has 0 radical (unpaired) electrons. The van der Waals surface area contributed by atoms with Crippen LogP contribution >= 0.6 is 0 Å². The fourth-order valence-corrected chi connectivity index (χ4v) is 6.15. The Morgan fingerprint density at radius 3 is 2.00 bits per heavy atom. The van der Waals surface area contributed by atoms with Gasteiger partial charge in [-0.15, -0.1) is 0 Å². The van der Waals surface area contributed by atoms with Gasteiger partial charge in [-0.1, -0.05) is 31.2 Å². The van der Waals surface area contributed by atoms with Crippen molar-refractivity contribution in [3.63, 3.8) is 0 Å². The Hall–Kier alpha value is -3.49. The van der Waals surface area contributed by atoms with Crippen LogP contribution in [0.3, 0.4) is 0 Å². The zero-order valence-electron chi connectivity index (χ0n) is 19.5. The molecule has 3 aromatic carbocycles. The first-order chi connectivity index (χ1) is 16.8. The van der Waals surface area contributed by atoms with E-state index in [1.54, 1.807) is 24.3 Å². The van der Waals surface area contributed by atoms with Gasteiger partial charge < -0.3 is 9.88 Å². The third-order valence-electron chi connectivity index (χ3n) is 6.70. The molecular weight excluding hydrogens is 462 g/mol. The number of anilines is 1. The molecule has 0 bridgehead atoms. The van der Waals surface area contributed by atoms with Gasteiger partial charge in [0.05, 0.1) is 15.9 Å². The Labute approximate surface area is 204 Å². The molecule has 0 saturated carbocycles. The van der Waals surface area contributed by atoms with E-state index < -0.39 is 10.0 Å². The molecule has 0 spiro atoms. The summed E-state index contributed by atoms with van der Waals surface area (Å²) < 4.78 is 29.3. The highest BCUT2D eigenvalue weighted by Crippen LogP contribution is 2.25. The Bertz CT molecular complexity index is 1510. The molecule has 35 heavy (non-hydrogen) atoms. The number of piperidine rings is 1. The minimum absolute atomic E-state index is 0.00726. The molecule has 0 aliphatic carbocycles. The van der Waals surface area contributed by atoms with Crippen LogP contribution in [0.15, 0.2) is 82.5 Å². The van der Waals surface area contributed by atoms with Crippen molar-refractivity contribution in [2.24, 2.45) is 5.92 Å². The molecule has 1 amide bonds. The minimum Gasteiger partial charge on any atom is -0.331 e. The summed E-state index contributed by atoms with van der Waals surface area (Å²) in [7, 11) is -3.55. The maximum atomic E-state index is 13.0. The van der Waals surface area contributed by atoms with Crippen molar-refractivity contribution in [3.8, 4) is 0 Å². The van der Waals surface area contributed by atoms with Gasteiger partial charge in [0.25, 0.3) is 0 Å². The van der Waals surface area contributed by atoms with Crippen LogP contribution in [0.5, 0.6) is 0 Å². The number of hydrogen-bond donors (Lipinski definition) is 1. The smallest absolute Gasteiger partial charge is 0.244 e. The third kappa shape index (κ3) is 4.47. The summed E-state index contributed by atoms with van der Waals surface area (Å²) in [6, 6.07) is 20.8. The topological polar surface area (TPSA) is 88.5 Å². The predicted molar refractivity (Wildman–Crippen MR) is 138 cm³/mol. The maximum absolute atomic E-state index is 13.0. The summed E-state index contributed by atoms with van der Waals surface area (Å²) in [5, 5.41) is 3.96. The fourth-order valence-electron chi connectivity index (χ4n) is 4.68. The van der Waals surface area contributed by atoms with Gasteiger partial charge in [0.1, 0.15) is 6.54 Å². The number of hydrogen-bond acceptors (Lipinski definition) is 4. The number of carbonyl (C=O) groups excluding carboxylic acids is 1. The summed E-state index contributed by atoms with van der Waals surface area (Å²) in [4.78, 5) is 26.1. The second-order valence-electron chi connectivity index (χ2n) is 9.11. The van der Waals surface area contributed by atoms with E-state index in [1.165, 1.54) is 16.4 Å². The quantitative estimate of drug-likeness (QED) is 0.425. The number of nitrogens with one attached hydrogen (secondary N) is 1. The van der Waals surface area contributed by atoms with E-state index in [1.807, 2.05) is 41.0 Å². The minimum atomic E-state index is -3.55. The molecule has 180 valence electrons. The number of rotatable bonds is 5. The number of aromatic nitrogens is 1. The molecule has 1 N–H and O–H groups in total. The van der Waals surface area contributed by atoms with Gasteiger partial charge in [0.15, 0.2) is 5.43 Å². The van der Waals surface area contributed by atoms with Crippen LogP contribution in [0.25, 0.3) is 21.8 Å². The fraction of sp³-hybridized carbons (Fsp3) is 0.259. The third-order valence-corrected chi connectivity index (χ3v) is 8.61. The van der Waals surface area contributed by atoms with Crippen molar-refractivity contribution in [1.29, 1.82) is 0 Å². The number of pyridine rings is 1. The number of amides is 1. The summed E-state index contributed by atoms with van der Waals surface area (Å²) in [5.74, 6) is 0.264. The first kappa shape index (κ1) is 23.3. The Morgan fingerprint density at radius 2 is 1.43 bits per heavy atom. The van der Waals surface area contributed by atoms with E-state index in [2.05, 4.69) is 12.2 Å². The second kappa shape index (κ2) is 9.28. The Morgan fingerprint density at radius 1 is 0.886 bits per heavy atom. The van der Waals surface area contributed by atoms with Crippen molar-refractivity contribution in [2.75, 3.05) is 18.4 Å². The molecule has 0 unspecified atom stereocenters. The lowest BCUT2D eigenvalue weighted by molar-refractivity contribution is -0.116. The van der Waals surface area contributed by atoms with E-state index in [-0.39, 0.29) is 22.8 Å². The summed E-state index contributed by atoms with van der Waals surface area (Å²) in [6.07, 6.45) is 1.73. The molecule has 1 saturated heterocycles. The number of para-hydroxylation sites is 2. The normalized spacial score (nSPS) is 15.5. The van der Waals surface area contributed by atoms with Crippen molar-refractivity contribution in [2.45, 2.75) is 31.2 Å². The standard InChI is InChI=1S/C27H27N3O4S/c1-19-14-16-29(17-15-19)35(33,34)21-12-10-20(11-13-21)28-26(31)18-30-24-8-4-2-6-22(24)27(32)23-7-3-5-9-25(23)30/h2-13,19H,14-18H2,1H3,(H,28,31). The lowest BCUT2D eigenvalue weighted by atomic mass is 10.0. The molecule has 4 aromatic rings. The zero-order valence-corrected chi connectivity index (χ0v) is 20.3. The summed E-state index contributed by atoms with van der Waals surface area (Å²) in [6.45, 7) is 3.21. The molecule has 1 fully saturated rings. The summed E-state index contributed by atoms with van der Waals surface area (Å²) in [5.41, 5.74) is 1.82. The van der Waals surface area contributed by atoms with Crippen LogP contribution < -0.4 is 10.7 Å². The van der Waals surface area contributed by atoms with Gasteiger partial charge in [0.2, 0.25) is 15.9 Å². The highest BCUT2D eigenvalue weighted by molar-refractivity contribution is 7.89. The average molecular weight is 490 g/mol. The van der Waals surface area contributed by atoms with Crippen LogP contribution in [0.4, 0.5) is 5.69 Å². The molecule has 0 atom stereocenters. The highest BCUT2D eigenvalue weighted by atomic mass is 32.2. The Balaban J connectivity index is 1.38. The second-order valence-corrected chi connectivity index (χ2v) is 11.0. The molecular formula is C27H27N3O4S. The largest absolute Gasteiger partial charge is 0.331 e. The van der Waals surface area contributed by atoms with Crippen molar-refractivity contribution in [3.05, 3.63) is 83.0 Å². The SMILES string of the molecule is CC1CCN(S(=O)(=O)c2ccc(NC(=O)Cn3c4ccccc4c(=O)c4ccccc43)cc2)CC1. The lowest BCUT2D eigenvalue weighted by Gasteiger charge is -2.29. The number of sulfonamides is 1. The van der Waals surface area contributed by atoms with Crippen molar-refractivity contribution < 1.29 is 13.2 Å². The molecule has 1 aromatic heterocycles. The van der Waals surface area contributed by atoms with Gasteiger partial charge in [0, 0.05) is 29.5 Å². The lowest BCUT2D eigenvalue weighted by Crippen LogP contribution is -2.37. The van der Waals surface area contributed by atoms with Crippen molar-refractivity contribution in [1.82, 2.24) is 8.87 Å². The number of nitrogens with zero attached hydrogens (tertiary/aromatic N) is 2. The van der Waals surface area contributed by atoms with E-state index in [4.69, 9.17) is 0 Å². The zero-order chi connectivity index (χ0) is 24.6. The first-order valence-electron chi connectivity index (χ1n) is 11.7. The Kier molecular flexibility index (Phi) is 6.17. The van der Waals surface area contributed by atoms with Crippen LogP contribution in [-0.2, 0) is 21.4 Å². The van der Waals surface area contributed by atoms with Crippen molar-refractivity contribution >= 4 is 43.4 Å². The van der Waals surface area contributed by atoms with Crippen LogP contribution in [0, 0.1) is 5.92 Å². The van der Waals surface area contributed by atoms with Crippen LogP contribution in [0.1, 0.15) is 19.8 Å². The number of fused-ring (bicyclic) bond motifs is 2. The molecule has 1 aliphatic heterocycles. The highest BCUT2D eigenvalue weighted by Gasteiger charge is 2.28. The molecule has 8 heteroatoms. The molecule has 7 nitrogen and oxygen atoms in total. The molecule has 2 heterocycles. The monoisotopic (exact) mass is 489 g/mol. The number of benzene rings is 3. The maximum Gasteiger partial charge on any atom is 0.244 e. The van der Waals surface area contributed by atoms with Gasteiger partial charge in [-0.05, 0) is 67.3 Å². The van der Waals surface area contributed by atoms with Gasteiger partial charge in [-0.2, -0.15) is 4.31 Å². The van der Waals surface area contributed by atoms with E-state index in [9.17, 15) is 18.0 Å².